The first-order chi connectivity index (χ1) is 10.6. The Kier molecular flexibility index (Phi) is 5.47. The molecule has 0 fully saturated rings. The summed E-state index contributed by atoms with van der Waals surface area (Å²) in [5.41, 5.74) is 1.82. The lowest BCUT2D eigenvalue weighted by Gasteiger charge is -2.21. The van der Waals surface area contributed by atoms with E-state index in [1.165, 1.54) is 12.1 Å². The minimum absolute atomic E-state index is 0.159. The van der Waals surface area contributed by atoms with Crippen LogP contribution in [0.25, 0.3) is 0 Å². The quantitative estimate of drug-likeness (QED) is 0.922. The van der Waals surface area contributed by atoms with E-state index in [2.05, 4.69) is 10.3 Å². The number of nitrogens with zero attached hydrogens (tertiary/aromatic N) is 2. The van der Waals surface area contributed by atoms with E-state index in [0.717, 1.165) is 11.3 Å². The zero-order valence-electron chi connectivity index (χ0n) is 12.8. The van der Waals surface area contributed by atoms with Gasteiger partial charge in [0.05, 0.1) is 6.04 Å². The molecule has 1 N–H and O–H groups in total. The molecule has 0 unspecified atom stereocenters. The van der Waals surface area contributed by atoms with Crippen molar-refractivity contribution in [1.29, 1.82) is 0 Å². The maximum atomic E-state index is 12.9. The van der Waals surface area contributed by atoms with Gasteiger partial charge in [-0.1, -0.05) is 18.2 Å². The molecule has 1 aromatic heterocycles. The van der Waals surface area contributed by atoms with Crippen LogP contribution in [-0.2, 0) is 6.42 Å². The minimum Gasteiger partial charge on any atom is -0.331 e. The fourth-order valence-electron chi connectivity index (χ4n) is 2.06. The van der Waals surface area contributed by atoms with Gasteiger partial charge in [0.15, 0.2) is 0 Å². The number of benzene rings is 1. The normalized spacial score (nSPS) is 11.8. The topological polar surface area (TPSA) is 45.2 Å². The first kappa shape index (κ1) is 15.9. The molecule has 0 aliphatic heterocycles. The highest BCUT2D eigenvalue weighted by molar-refractivity contribution is 5.74. The van der Waals surface area contributed by atoms with E-state index in [4.69, 9.17) is 0 Å². The van der Waals surface area contributed by atoms with Gasteiger partial charge in [-0.3, -0.25) is 4.98 Å². The Balaban J connectivity index is 1.84. The second-order valence-corrected chi connectivity index (χ2v) is 5.22. The molecule has 116 valence electrons. The zero-order chi connectivity index (χ0) is 15.9. The molecule has 0 radical (unpaired) electrons. The molecule has 2 aromatic rings. The van der Waals surface area contributed by atoms with Crippen molar-refractivity contribution in [3.05, 3.63) is 65.7 Å². The Morgan fingerprint density at radius 3 is 2.64 bits per heavy atom. The molecule has 1 aromatic carbocycles. The van der Waals surface area contributed by atoms with E-state index < -0.39 is 0 Å². The van der Waals surface area contributed by atoms with Crippen molar-refractivity contribution >= 4 is 6.03 Å². The summed E-state index contributed by atoms with van der Waals surface area (Å²) in [4.78, 5) is 18.0. The van der Waals surface area contributed by atoms with Crippen LogP contribution in [0, 0.1) is 5.82 Å². The fraction of sp³-hybridized carbons (Fsp3) is 0.294. The van der Waals surface area contributed by atoms with Gasteiger partial charge in [-0.2, -0.15) is 0 Å². The molecule has 0 bridgehead atoms. The van der Waals surface area contributed by atoms with Crippen molar-refractivity contribution in [3.8, 4) is 0 Å². The number of aromatic nitrogens is 1. The standard InChI is InChI=1S/C17H20FN3O/c1-13(14-6-8-15(18)9-7-14)20-17(22)21(2)12-10-16-5-3-4-11-19-16/h3-9,11,13H,10,12H2,1-2H3,(H,20,22)/t13-/m0/s1. The summed E-state index contributed by atoms with van der Waals surface area (Å²) in [6.07, 6.45) is 2.45. The number of pyridine rings is 1. The number of rotatable bonds is 5. The summed E-state index contributed by atoms with van der Waals surface area (Å²) in [5.74, 6) is -0.283. The number of urea groups is 1. The zero-order valence-corrected chi connectivity index (χ0v) is 12.8. The fourth-order valence-corrected chi connectivity index (χ4v) is 2.06. The van der Waals surface area contributed by atoms with E-state index in [0.29, 0.717) is 13.0 Å². The third kappa shape index (κ3) is 4.55. The van der Waals surface area contributed by atoms with Crippen LogP contribution in [0.3, 0.4) is 0 Å². The highest BCUT2D eigenvalue weighted by atomic mass is 19.1. The Hall–Kier alpha value is -2.43. The number of hydrogen-bond acceptors (Lipinski definition) is 2. The van der Waals surface area contributed by atoms with Crippen LogP contribution in [-0.4, -0.2) is 29.5 Å². The molecule has 5 heteroatoms. The van der Waals surface area contributed by atoms with Gasteiger partial charge in [-0.15, -0.1) is 0 Å². The van der Waals surface area contributed by atoms with Crippen LogP contribution in [0.15, 0.2) is 48.7 Å². The van der Waals surface area contributed by atoms with Gasteiger partial charge in [0.1, 0.15) is 5.82 Å². The van der Waals surface area contributed by atoms with E-state index in [1.54, 1.807) is 30.3 Å². The van der Waals surface area contributed by atoms with Crippen LogP contribution >= 0.6 is 0 Å². The van der Waals surface area contributed by atoms with E-state index in [1.807, 2.05) is 25.1 Å². The van der Waals surface area contributed by atoms with Crippen molar-refractivity contribution in [2.24, 2.45) is 0 Å². The minimum atomic E-state index is -0.283. The molecule has 0 aliphatic carbocycles. The maximum Gasteiger partial charge on any atom is 0.317 e. The number of nitrogens with one attached hydrogen (secondary N) is 1. The lowest BCUT2D eigenvalue weighted by molar-refractivity contribution is 0.206. The van der Waals surface area contributed by atoms with Crippen LogP contribution in [0.5, 0.6) is 0 Å². The van der Waals surface area contributed by atoms with E-state index in [9.17, 15) is 9.18 Å². The number of hydrogen-bond donors (Lipinski definition) is 1. The Morgan fingerprint density at radius 2 is 2.00 bits per heavy atom. The van der Waals surface area contributed by atoms with Crippen molar-refractivity contribution < 1.29 is 9.18 Å². The van der Waals surface area contributed by atoms with E-state index >= 15 is 0 Å². The summed E-state index contributed by atoms with van der Waals surface area (Å²) in [6.45, 7) is 2.46. The average Bonchev–Trinajstić information content (AvgIpc) is 2.54. The molecule has 22 heavy (non-hydrogen) atoms. The Bertz CT molecular complexity index is 601. The lowest BCUT2D eigenvalue weighted by atomic mass is 10.1. The van der Waals surface area contributed by atoms with Crippen LogP contribution in [0.2, 0.25) is 0 Å². The van der Waals surface area contributed by atoms with Crippen molar-refractivity contribution in [2.75, 3.05) is 13.6 Å². The lowest BCUT2D eigenvalue weighted by Crippen LogP contribution is -2.39. The van der Waals surface area contributed by atoms with Gasteiger partial charge in [0.25, 0.3) is 0 Å². The molecule has 2 rings (SSSR count). The molecular formula is C17H20FN3O. The van der Waals surface area contributed by atoms with Gasteiger partial charge in [-0.25, -0.2) is 9.18 Å². The molecule has 4 nitrogen and oxygen atoms in total. The van der Waals surface area contributed by atoms with Crippen molar-refractivity contribution in [1.82, 2.24) is 15.2 Å². The first-order valence-electron chi connectivity index (χ1n) is 7.23. The first-order valence-corrected chi connectivity index (χ1v) is 7.23. The summed E-state index contributed by atoms with van der Waals surface area (Å²) >= 11 is 0. The maximum absolute atomic E-state index is 12.9. The molecule has 1 heterocycles. The van der Waals surface area contributed by atoms with Crippen LogP contribution in [0.4, 0.5) is 9.18 Å². The van der Waals surface area contributed by atoms with Gasteiger partial charge < -0.3 is 10.2 Å². The molecule has 0 spiro atoms. The van der Waals surface area contributed by atoms with Gasteiger partial charge >= 0.3 is 6.03 Å². The van der Waals surface area contributed by atoms with Gasteiger partial charge in [-0.05, 0) is 36.8 Å². The van der Waals surface area contributed by atoms with Crippen molar-refractivity contribution in [2.45, 2.75) is 19.4 Å². The number of halogens is 1. The summed E-state index contributed by atoms with van der Waals surface area (Å²) in [5, 5.41) is 2.90. The third-order valence-electron chi connectivity index (χ3n) is 3.49. The number of amides is 2. The predicted molar refractivity (Wildman–Crippen MR) is 83.9 cm³/mol. The average molecular weight is 301 g/mol. The van der Waals surface area contributed by atoms with Crippen LogP contribution in [0.1, 0.15) is 24.2 Å². The SMILES string of the molecule is C[C@H](NC(=O)N(C)CCc1ccccn1)c1ccc(F)cc1. The van der Waals surface area contributed by atoms with Gasteiger partial charge in [0.2, 0.25) is 0 Å². The molecule has 0 saturated carbocycles. The molecule has 2 amide bonds. The number of likely N-dealkylation sites (N-methyl/N-ethyl adjacent to an activating group) is 1. The van der Waals surface area contributed by atoms with Crippen molar-refractivity contribution in [3.63, 3.8) is 0 Å². The molecule has 1 atom stereocenters. The summed E-state index contributed by atoms with van der Waals surface area (Å²) in [6, 6.07) is 11.5. The number of carbonyl (C=O) groups excluding carboxylic acids is 1. The third-order valence-corrected chi connectivity index (χ3v) is 3.49. The molecular weight excluding hydrogens is 281 g/mol. The smallest absolute Gasteiger partial charge is 0.317 e. The Labute approximate surface area is 130 Å². The summed E-state index contributed by atoms with van der Waals surface area (Å²) in [7, 11) is 1.75. The van der Waals surface area contributed by atoms with E-state index in [-0.39, 0.29) is 17.9 Å². The highest BCUT2D eigenvalue weighted by Crippen LogP contribution is 2.13. The van der Waals surface area contributed by atoms with Gasteiger partial charge in [0, 0.05) is 31.9 Å². The summed E-state index contributed by atoms with van der Waals surface area (Å²) < 4.78 is 12.9. The molecule has 0 aliphatic rings. The Morgan fingerprint density at radius 1 is 1.27 bits per heavy atom. The highest BCUT2D eigenvalue weighted by Gasteiger charge is 2.13. The number of carbonyl (C=O) groups is 1. The predicted octanol–water partition coefficient (Wildman–Crippen LogP) is 3.17. The second kappa shape index (κ2) is 7.54. The largest absolute Gasteiger partial charge is 0.331 e. The molecule has 0 saturated heterocycles. The second-order valence-electron chi connectivity index (χ2n) is 5.22. The van der Waals surface area contributed by atoms with Crippen LogP contribution < -0.4 is 5.32 Å². The monoisotopic (exact) mass is 301 g/mol.